The van der Waals surface area contributed by atoms with E-state index in [4.69, 9.17) is 11.6 Å². The fourth-order valence-electron chi connectivity index (χ4n) is 3.03. The number of anilines is 1. The summed E-state index contributed by atoms with van der Waals surface area (Å²) in [6, 6.07) is 5.14. The van der Waals surface area contributed by atoms with Gasteiger partial charge in [-0.1, -0.05) is 11.6 Å². The Morgan fingerprint density at radius 3 is 3.00 bits per heavy atom. The van der Waals surface area contributed by atoms with Crippen LogP contribution >= 0.6 is 22.9 Å². The van der Waals surface area contributed by atoms with Crippen LogP contribution in [-0.2, 0) is 0 Å². The molecule has 1 atom stereocenters. The van der Waals surface area contributed by atoms with Crippen LogP contribution in [0.3, 0.4) is 0 Å². The van der Waals surface area contributed by atoms with E-state index in [0.717, 1.165) is 29.2 Å². The predicted octanol–water partition coefficient (Wildman–Crippen LogP) is 4.62. The van der Waals surface area contributed by atoms with Gasteiger partial charge >= 0.3 is 0 Å². The van der Waals surface area contributed by atoms with E-state index in [1.165, 1.54) is 24.1 Å². The second kappa shape index (κ2) is 6.51. The average Bonchev–Trinajstić information content (AvgIpc) is 2.80. The van der Waals surface area contributed by atoms with Gasteiger partial charge in [-0.3, -0.25) is 0 Å². The summed E-state index contributed by atoms with van der Waals surface area (Å²) in [5, 5.41) is 4.44. The fourth-order valence-corrected chi connectivity index (χ4v) is 3.92. The normalized spacial score (nSPS) is 20.9. The number of likely N-dealkylation sites (tertiary alicyclic amines) is 1. The Balaban J connectivity index is 1.76. The van der Waals surface area contributed by atoms with Gasteiger partial charge in [-0.2, -0.15) is 0 Å². The second-order valence-corrected chi connectivity index (χ2v) is 7.32. The lowest BCUT2D eigenvalue weighted by Gasteiger charge is -2.24. The van der Waals surface area contributed by atoms with Crippen LogP contribution in [0.15, 0.2) is 17.6 Å². The van der Waals surface area contributed by atoms with E-state index in [9.17, 15) is 0 Å². The molecule has 0 amide bonds. The van der Waals surface area contributed by atoms with Gasteiger partial charge < -0.3 is 10.2 Å². The van der Waals surface area contributed by atoms with Crippen LogP contribution in [0.4, 0.5) is 5.69 Å². The van der Waals surface area contributed by atoms with E-state index in [1.54, 1.807) is 11.3 Å². The van der Waals surface area contributed by atoms with Crippen molar-refractivity contribution in [1.82, 2.24) is 9.88 Å². The van der Waals surface area contributed by atoms with Crippen LogP contribution < -0.4 is 5.32 Å². The third-order valence-corrected chi connectivity index (χ3v) is 5.40. The molecular formula is C16H22ClN3S. The molecule has 5 heteroatoms. The molecule has 3 nitrogen and oxygen atoms in total. The lowest BCUT2D eigenvalue weighted by atomic mass is 10.1. The number of nitrogens with zero attached hydrogens (tertiary/aromatic N) is 2. The van der Waals surface area contributed by atoms with Gasteiger partial charge in [0.2, 0.25) is 0 Å². The van der Waals surface area contributed by atoms with Crippen molar-refractivity contribution in [2.75, 3.05) is 18.4 Å². The highest BCUT2D eigenvalue weighted by Crippen LogP contribution is 2.33. The largest absolute Gasteiger partial charge is 0.379 e. The minimum atomic E-state index is 0.485. The molecule has 0 aliphatic carbocycles. The van der Waals surface area contributed by atoms with Gasteiger partial charge in [0.1, 0.15) is 5.52 Å². The summed E-state index contributed by atoms with van der Waals surface area (Å²) >= 11 is 8.05. The summed E-state index contributed by atoms with van der Waals surface area (Å²) in [5.41, 5.74) is 3.91. The number of nitrogens with one attached hydrogen (secondary N) is 1. The van der Waals surface area contributed by atoms with Gasteiger partial charge in [-0.05, 0) is 51.8 Å². The molecular weight excluding hydrogens is 302 g/mol. The van der Waals surface area contributed by atoms with E-state index >= 15 is 0 Å². The van der Waals surface area contributed by atoms with Gasteiger partial charge in [0.25, 0.3) is 0 Å². The Bertz CT molecular complexity index is 611. The van der Waals surface area contributed by atoms with E-state index < -0.39 is 0 Å². The van der Waals surface area contributed by atoms with Crippen LogP contribution in [-0.4, -0.2) is 35.1 Å². The topological polar surface area (TPSA) is 28.2 Å². The molecule has 2 aromatic rings. The molecule has 0 spiro atoms. The number of rotatable bonds is 3. The molecule has 1 aliphatic heterocycles. The Labute approximate surface area is 135 Å². The zero-order chi connectivity index (χ0) is 14.8. The molecule has 0 radical (unpaired) electrons. The molecule has 3 rings (SSSR count). The molecule has 1 unspecified atom stereocenters. The smallest absolute Gasteiger partial charge is 0.106 e. The molecule has 1 aromatic heterocycles. The minimum Gasteiger partial charge on any atom is -0.379 e. The zero-order valence-electron chi connectivity index (χ0n) is 12.6. The fraction of sp³-hybridized carbons (Fsp3) is 0.562. The number of hydrogen-bond donors (Lipinski definition) is 1. The van der Waals surface area contributed by atoms with E-state index in [0.29, 0.717) is 12.1 Å². The molecule has 1 aliphatic rings. The first-order chi connectivity index (χ1) is 10.1. The maximum atomic E-state index is 6.39. The Morgan fingerprint density at radius 2 is 2.19 bits per heavy atom. The molecule has 114 valence electrons. The van der Waals surface area contributed by atoms with Crippen molar-refractivity contribution in [3.05, 3.63) is 22.7 Å². The predicted molar refractivity (Wildman–Crippen MR) is 92.6 cm³/mol. The maximum Gasteiger partial charge on any atom is 0.106 e. The van der Waals surface area contributed by atoms with E-state index in [1.807, 2.05) is 17.6 Å². The van der Waals surface area contributed by atoms with Crippen LogP contribution in [0, 0.1) is 0 Å². The van der Waals surface area contributed by atoms with Crippen molar-refractivity contribution in [3.63, 3.8) is 0 Å². The van der Waals surface area contributed by atoms with Gasteiger partial charge in [0.05, 0.1) is 20.9 Å². The first-order valence-electron chi connectivity index (χ1n) is 7.67. The van der Waals surface area contributed by atoms with Crippen molar-refractivity contribution in [2.45, 2.75) is 45.2 Å². The summed E-state index contributed by atoms with van der Waals surface area (Å²) < 4.78 is 1.19. The van der Waals surface area contributed by atoms with Gasteiger partial charge in [-0.25, -0.2) is 4.98 Å². The molecule has 2 heterocycles. The quantitative estimate of drug-likeness (QED) is 0.893. The van der Waals surface area contributed by atoms with Crippen molar-refractivity contribution in [3.8, 4) is 0 Å². The number of aromatic nitrogens is 1. The summed E-state index contributed by atoms with van der Waals surface area (Å²) in [7, 11) is 0. The summed E-state index contributed by atoms with van der Waals surface area (Å²) in [6.45, 7) is 6.91. The minimum absolute atomic E-state index is 0.485. The highest BCUT2D eigenvalue weighted by Gasteiger charge is 2.20. The molecule has 1 fully saturated rings. The van der Waals surface area contributed by atoms with Crippen molar-refractivity contribution in [2.24, 2.45) is 0 Å². The van der Waals surface area contributed by atoms with Gasteiger partial charge in [-0.15, -0.1) is 11.3 Å². The van der Waals surface area contributed by atoms with Crippen LogP contribution in [0.25, 0.3) is 10.2 Å². The highest BCUT2D eigenvalue weighted by atomic mass is 35.5. The first kappa shape index (κ1) is 15.1. The first-order valence-corrected chi connectivity index (χ1v) is 8.93. The Hall–Kier alpha value is -0.840. The van der Waals surface area contributed by atoms with Crippen LogP contribution in [0.2, 0.25) is 5.02 Å². The summed E-state index contributed by atoms with van der Waals surface area (Å²) in [4.78, 5) is 7.03. The van der Waals surface area contributed by atoms with Gasteiger partial charge in [0, 0.05) is 18.6 Å². The second-order valence-electron chi connectivity index (χ2n) is 6.02. The van der Waals surface area contributed by atoms with Crippen molar-refractivity contribution < 1.29 is 0 Å². The molecule has 0 bridgehead atoms. The van der Waals surface area contributed by atoms with Gasteiger partial charge in [0.15, 0.2) is 0 Å². The van der Waals surface area contributed by atoms with Crippen molar-refractivity contribution >= 4 is 38.8 Å². The van der Waals surface area contributed by atoms with E-state index in [-0.39, 0.29) is 0 Å². The lowest BCUT2D eigenvalue weighted by molar-refractivity contribution is 0.230. The third-order valence-electron chi connectivity index (χ3n) is 4.29. The molecule has 0 saturated carbocycles. The zero-order valence-corrected chi connectivity index (χ0v) is 14.2. The van der Waals surface area contributed by atoms with Crippen LogP contribution in [0.5, 0.6) is 0 Å². The number of hydrogen-bond acceptors (Lipinski definition) is 4. The SMILES string of the molecule is CC(C)N1CCCC(Nc2c(Cl)ccc3scnc23)CC1. The molecule has 21 heavy (non-hydrogen) atoms. The number of thiazole rings is 1. The summed E-state index contributed by atoms with van der Waals surface area (Å²) in [5.74, 6) is 0. The summed E-state index contributed by atoms with van der Waals surface area (Å²) in [6.07, 6.45) is 3.59. The standard InChI is InChI=1S/C16H22ClN3S/c1-11(2)20-8-3-4-12(7-9-20)19-15-13(17)5-6-14-16(15)18-10-21-14/h5-6,10-12,19H,3-4,7-9H2,1-2H3. The Morgan fingerprint density at radius 1 is 1.33 bits per heavy atom. The lowest BCUT2D eigenvalue weighted by Crippen LogP contribution is -2.32. The number of halogens is 1. The maximum absolute atomic E-state index is 6.39. The number of fused-ring (bicyclic) bond motifs is 1. The third kappa shape index (κ3) is 3.33. The molecule has 1 aromatic carbocycles. The monoisotopic (exact) mass is 323 g/mol. The highest BCUT2D eigenvalue weighted by molar-refractivity contribution is 7.16. The van der Waals surface area contributed by atoms with Crippen molar-refractivity contribution in [1.29, 1.82) is 0 Å². The number of benzene rings is 1. The molecule has 1 N–H and O–H groups in total. The Kier molecular flexibility index (Phi) is 4.67. The van der Waals surface area contributed by atoms with Crippen LogP contribution in [0.1, 0.15) is 33.1 Å². The van der Waals surface area contributed by atoms with E-state index in [2.05, 4.69) is 29.0 Å². The average molecular weight is 324 g/mol. The molecule has 1 saturated heterocycles.